The molecule has 0 aromatic heterocycles. The Bertz CT molecular complexity index is 177. The molecule has 0 amide bonds. The largest absolute Gasteiger partial charge is 0.327 e. The Morgan fingerprint density at radius 3 is 2.27 bits per heavy atom. The molecule has 0 rings (SSSR count). The van der Waals surface area contributed by atoms with Crippen molar-refractivity contribution in [2.24, 2.45) is 17.6 Å². The molecule has 90 valence electrons. The SMILES string of the molecule is CCCCC(CC)CC(=O)C(C)C(C)N. The van der Waals surface area contributed by atoms with Crippen LogP contribution in [-0.4, -0.2) is 11.8 Å². The lowest BCUT2D eigenvalue weighted by Crippen LogP contribution is -2.31. The number of nitrogens with two attached hydrogens (primary N) is 1. The molecule has 0 radical (unpaired) electrons. The number of carbonyl (C=O) groups is 1. The van der Waals surface area contributed by atoms with Crippen molar-refractivity contribution < 1.29 is 4.79 Å². The fraction of sp³-hybridized carbons (Fsp3) is 0.923. The zero-order valence-corrected chi connectivity index (χ0v) is 10.8. The maximum Gasteiger partial charge on any atom is 0.137 e. The summed E-state index contributed by atoms with van der Waals surface area (Å²) in [6.07, 6.45) is 5.47. The third-order valence-electron chi connectivity index (χ3n) is 3.33. The number of unbranched alkanes of at least 4 members (excludes halogenated alkanes) is 1. The molecule has 0 heterocycles. The second-order valence-corrected chi connectivity index (χ2v) is 4.73. The fourth-order valence-electron chi connectivity index (χ4n) is 1.71. The van der Waals surface area contributed by atoms with E-state index in [0.717, 1.165) is 12.8 Å². The highest BCUT2D eigenvalue weighted by atomic mass is 16.1. The van der Waals surface area contributed by atoms with Crippen LogP contribution in [0.4, 0.5) is 0 Å². The molecule has 3 atom stereocenters. The van der Waals surface area contributed by atoms with Gasteiger partial charge in [-0.05, 0) is 12.8 Å². The van der Waals surface area contributed by atoms with E-state index in [1.54, 1.807) is 0 Å². The first-order valence-corrected chi connectivity index (χ1v) is 6.31. The van der Waals surface area contributed by atoms with Crippen molar-refractivity contribution in [2.45, 2.75) is 65.8 Å². The minimum atomic E-state index is -0.0128. The van der Waals surface area contributed by atoms with Gasteiger partial charge >= 0.3 is 0 Å². The number of Topliss-reactive ketones (excluding diaryl/α,β-unsaturated/α-hetero) is 1. The summed E-state index contributed by atoms with van der Waals surface area (Å²) in [5, 5.41) is 0. The summed E-state index contributed by atoms with van der Waals surface area (Å²) in [4.78, 5) is 11.8. The third-order valence-corrected chi connectivity index (χ3v) is 3.33. The average molecular weight is 213 g/mol. The Labute approximate surface area is 94.6 Å². The topological polar surface area (TPSA) is 43.1 Å². The predicted octanol–water partition coefficient (Wildman–Crippen LogP) is 3.15. The molecular formula is C13H27NO. The highest BCUT2D eigenvalue weighted by Crippen LogP contribution is 2.19. The summed E-state index contributed by atoms with van der Waals surface area (Å²) in [5.74, 6) is 0.923. The summed E-state index contributed by atoms with van der Waals surface area (Å²) in [6, 6.07) is -0.0128. The molecule has 0 aromatic carbocycles. The van der Waals surface area contributed by atoms with E-state index in [2.05, 4.69) is 13.8 Å². The molecule has 0 aromatic rings. The summed E-state index contributed by atoms with van der Waals surface area (Å²) in [5.41, 5.74) is 5.73. The van der Waals surface area contributed by atoms with Crippen LogP contribution in [-0.2, 0) is 4.79 Å². The number of rotatable bonds is 8. The highest BCUT2D eigenvalue weighted by molar-refractivity contribution is 5.81. The van der Waals surface area contributed by atoms with Gasteiger partial charge in [-0.15, -0.1) is 0 Å². The standard InChI is InChI=1S/C13H27NO/c1-5-7-8-12(6-2)9-13(15)10(3)11(4)14/h10-12H,5-9,14H2,1-4H3. The summed E-state index contributed by atoms with van der Waals surface area (Å²) in [7, 11) is 0. The Kier molecular flexibility index (Phi) is 7.67. The number of carbonyl (C=O) groups excluding carboxylic acids is 1. The monoisotopic (exact) mass is 213 g/mol. The molecule has 2 N–H and O–H groups in total. The Morgan fingerprint density at radius 2 is 1.87 bits per heavy atom. The lowest BCUT2D eigenvalue weighted by atomic mass is 9.88. The van der Waals surface area contributed by atoms with Crippen molar-refractivity contribution in [1.29, 1.82) is 0 Å². The fourth-order valence-corrected chi connectivity index (χ4v) is 1.71. The predicted molar refractivity (Wildman–Crippen MR) is 65.7 cm³/mol. The van der Waals surface area contributed by atoms with Crippen molar-refractivity contribution in [3.8, 4) is 0 Å². The van der Waals surface area contributed by atoms with Gasteiger partial charge in [-0.25, -0.2) is 0 Å². The van der Waals surface area contributed by atoms with Crippen LogP contribution in [0.2, 0.25) is 0 Å². The van der Waals surface area contributed by atoms with Gasteiger partial charge in [0.05, 0.1) is 0 Å². The van der Waals surface area contributed by atoms with E-state index < -0.39 is 0 Å². The van der Waals surface area contributed by atoms with Gasteiger partial charge in [0.2, 0.25) is 0 Å². The van der Waals surface area contributed by atoms with Gasteiger partial charge in [0, 0.05) is 18.4 Å². The van der Waals surface area contributed by atoms with Crippen molar-refractivity contribution >= 4 is 5.78 Å². The van der Waals surface area contributed by atoms with E-state index in [0.29, 0.717) is 11.7 Å². The number of hydrogen-bond acceptors (Lipinski definition) is 2. The second kappa shape index (κ2) is 7.86. The van der Waals surface area contributed by atoms with Crippen LogP contribution in [0.5, 0.6) is 0 Å². The molecule has 2 nitrogen and oxygen atoms in total. The second-order valence-electron chi connectivity index (χ2n) is 4.73. The molecule has 0 aliphatic heterocycles. The van der Waals surface area contributed by atoms with Gasteiger partial charge < -0.3 is 5.73 Å². The quantitative estimate of drug-likeness (QED) is 0.673. The van der Waals surface area contributed by atoms with E-state index in [-0.39, 0.29) is 12.0 Å². The molecule has 0 saturated heterocycles. The van der Waals surface area contributed by atoms with Crippen molar-refractivity contribution in [3.63, 3.8) is 0 Å². The van der Waals surface area contributed by atoms with Gasteiger partial charge in [-0.3, -0.25) is 4.79 Å². The van der Waals surface area contributed by atoms with Gasteiger partial charge in [0.15, 0.2) is 0 Å². The third kappa shape index (κ3) is 5.93. The van der Waals surface area contributed by atoms with Crippen molar-refractivity contribution in [1.82, 2.24) is 0 Å². The highest BCUT2D eigenvalue weighted by Gasteiger charge is 2.20. The number of hydrogen-bond donors (Lipinski definition) is 1. The molecule has 3 unspecified atom stereocenters. The lowest BCUT2D eigenvalue weighted by molar-refractivity contribution is -0.123. The van der Waals surface area contributed by atoms with E-state index in [1.807, 2.05) is 13.8 Å². The van der Waals surface area contributed by atoms with Crippen LogP contribution in [0, 0.1) is 11.8 Å². The normalized spacial score (nSPS) is 17.1. The van der Waals surface area contributed by atoms with Crippen LogP contribution < -0.4 is 5.73 Å². The van der Waals surface area contributed by atoms with Crippen LogP contribution in [0.15, 0.2) is 0 Å². The van der Waals surface area contributed by atoms with Crippen LogP contribution in [0.25, 0.3) is 0 Å². The van der Waals surface area contributed by atoms with Crippen molar-refractivity contribution in [2.75, 3.05) is 0 Å². The smallest absolute Gasteiger partial charge is 0.137 e. The number of ketones is 1. The molecule has 15 heavy (non-hydrogen) atoms. The average Bonchev–Trinajstić information content (AvgIpc) is 2.22. The zero-order valence-electron chi connectivity index (χ0n) is 10.8. The van der Waals surface area contributed by atoms with Crippen LogP contribution >= 0.6 is 0 Å². The first-order valence-electron chi connectivity index (χ1n) is 6.31. The Hall–Kier alpha value is -0.370. The molecule has 2 heteroatoms. The first-order chi connectivity index (χ1) is 7.02. The van der Waals surface area contributed by atoms with Crippen LogP contribution in [0.3, 0.4) is 0 Å². The van der Waals surface area contributed by atoms with E-state index >= 15 is 0 Å². The molecule has 0 spiro atoms. The summed E-state index contributed by atoms with van der Waals surface area (Å²) < 4.78 is 0. The molecule has 0 bridgehead atoms. The minimum Gasteiger partial charge on any atom is -0.327 e. The van der Waals surface area contributed by atoms with E-state index in [4.69, 9.17) is 5.73 Å². The maximum absolute atomic E-state index is 11.8. The van der Waals surface area contributed by atoms with E-state index in [9.17, 15) is 4.79 Å². The molecular weight excluding hydrogens is 186 g/mol. The molecule has 0 aliphatic rings. The molecule has 0 saturated carbocycles. The molecule has 0 fully saturated rings. The maximum atomic E-state index is 11.8. The summed E-state index contributed by atoms with van der Waals surface area (Å²) in [6.45, 7) is 8.22. The van der Waals surface area contributed by atoms with Gasteiger partial charge in [0.1, 0.15) is 5.78 Å². The van der Waals surface area contributed by atoms with Gasteiger partial charge in [0.25, 0.3) is 0 Å². The Morgan fingerprint density at radius 1 is 1.27 bits per heavy atom. The Balaban J connectivity index is 4.00. The molecule has 0 aliphatic carbocycles. The van der Waals surface area contributed by atoms with E-state index in [1.165, 1.54) is 19.3 Å². The zero-order chi connectivity index (χ0) is 11.8. The van der Waals surface area contributed by atoms with Gasteiger partial charge in [-0.1, -0.05) is 46.5 Å². The summed E-state index contributed by atoms with van der Waals surface area (Å²) >= 11 is 0. The minimum absolute atomic E-state index is 0.0128. The van der Waals surface area contributed by atoms with Crippen molar-refractivity contribution in [3.05, 3.63) is 0 Å². The first kappa shape index (κ1) is 14.6. The van der Waals surface area contributed by atoms with Crippen LogP contribution in [0.1, 0.15) is 59.8 Å². The van der Waals surface area contributed by atoms with Gasteiger partial charge in [-0.2, -0.15) is 0 Å². The lowest BCUT2D eigenvalue weighted by Gasteiger charge is -2.18.